The highest BCUT2D eigenvalue weighted by molar-refractivity contribution is 7.85. The molecule has 1 saturated heterocycles. The molecule has 1 aliphatic heterocycles. The highest BCUT2D eigenvalue weighted by Crippen LogP contribution is 2.36. The maximum Gasteiger partial charge on any atom is 0.168 e. The average Bonchev–Trinajstić information content (AvgIpc) is 3.76. The van der Waals surface area contributed by atoms with Crippen molar-refractivity contribution in [3.8, 4) is 12.3 Å². The number of fused-ring (bicyclic) bond motifs is 1. The molecular formula is C39H55ClN6O7S. The Labute approximate surface area is 326 Å². The highest BCUT2D eigenvalue weighted by atomic mass is 35.5. The molecular weight excluding hydrogens is 732 g/mol. The van der Waals surface area contributed by atoms with Crippen molar-refractivity contribution >= 4 is 45.5 Å². The van der Waals surface area contributed by atoms with Crippen LogP contribution in [0, 0.1) is 25.2 Å². The second-order valence-corrected chi connectivity index (χ2v) is 15.5. The van der Waals surface area contributed by atoms with Gasteiger partial charge in [0.1, 0.15) is 23.4 Å². The summed E-state index contributed by atoms with van der Waals surface area (Å²) in [5.74, 6) is 3.18. The van der Waals surface area contributed by atoms with Crippen molar-refractivity contribution in [3.05, 3.63) is 52.3 Å². The molecule has 3 N–H and O–H groups in total. The minimum absolute atomic E-state index is 0.0250. The van der Waals surface area contributed by atoms with E-state index in [1.807, 2.05) is 17.6 Å². The zero-order valence-corrected chi connectivity index (χ0v) is 33.1. The van der Waals surface area contributed by atoms with Crippen LogP contribution < -0.4 is 15.4 Å². The number of halogens is 1. The highest BCUT2D eigenvalue weighted by Gasteiger charge is 2.33. The van der Waals surface area contributed by atoms with E-state index < -0.39 is 11.0 Å². The van der Waals surface area contributed by atoms with E-state index in [2.05, 4.69) is 21.6 Å². The summed E-state index contributed by atoms with van der Waals surface area (Å²) in [5.41, 5.74) is 10.3. The lowest BCUT2D eigenvalue weighted by atomic mass is 9.83. The molecule has 3 heterocycles. The van der Waals surface area contributed by atoms with Gasteiger partial charge in [0.15, 0.2) is 11.4 Å². The molecule has 2 fully saturated rings. The molecule has 1 aliphatic carbocycles. The Bertz CT molecular complexity index is 1720. The smallest absolute Gasteiger partial charge is 0.168 e. The third-order valence-corrected chi connectivity index (χ3v) is 10.6. The monoisotopic (exact) mass is 786 g/mol. The van der Waals surface area contributed by atoms with Gasteiger partial charge in [0, 0.05) is 59.6 Å². The molecule has 0 bridgehead atoms. The number of benzene rings is 1. The zero-order chi connectivity index (χ0) is 38.3. The first kappa shape index (κ1) is 42.0. The number of aryl methyl sites for hydroxylation is 1. The number of ether oxygens (including phenoxy) is 5. The van der Waals surface area contributed by atoms with E-state index in [9.17, 15) is 9.00 Å². The molecule has 2 aliphatic rings. The van der Waals surface area contributed by atoms with Crippen LogP contribution >= 0.6 is 11.6 Å². The van der Waals surface area contributed by atoms with Gasteiger partial charge in [-0.15, -0.1) is 6.42 Å². The predicted molar refractivity (Wildman–Crippen MR) is 212 cm³/mol. The van der Waals surface area contributed by atoms with Gasteiger partial charge in [-0.05, 0) is 44.4 Å². The van der Waals surface area contributed by atoms with Gasteiger partial charge in [-0.3, -0.25) is 4.79 Å². The first-order chi connectivity index (χ1) is 26.2. The number of nitrogens with zero attached hydrogens (tertiary/aromatic N) is 4. The fourth-order valence-electron chi connectivity index (χ4n) is 7.14. The SMILES string of the molecule is C#CCOCCOCCOCCOCCO[C@H]1CN(c2nc3cc([C@@H]4CCCCCCC(C(=O)c5cc(Cl)ccc5NS(C)=O)C4)nn3cc2C)C[C@H]1N. The van der Waals surface area contributed by atoms with E-state index >= 15 is 0 Å². The molecule has 13 nitrogen and oxygen atoms in total. The Hall–Kier alpha value is -3.13. The van der Waals surface area contributed by atoms with Crippen LogP contribution in [0.15, 0.2) is 30.5 Å². The largest absolute Gasteiger partial charge is 0.377 e. The molecule has 0 spiro atoms. The van der Waals surface area contributed by atoms with Crippen LogP contribution in [-0.4, -0.2) is 116 Å². The second-order valence-electron chi connectivity index (χ2n) is 13.9. The summed E-state index contributed by atoms with van der Waals surface area (Å²) in [6.45, 7) is 7.33. The van der Waals surface area contributed by atoms with Crippen molar-refractivity contribution < 1.29 is 32.7 Å². The van der Waals surface area contributed by atoms with E-state index in [4.69, 9.17) is 57.5 Å². The van der Waals surface area contributed by atoms with E-state index in [1.165, 1.54) is 0 Å². The summed E-state index contributed by atoms with van der Waals surface area (Å²) in [4.78, 5) is 21.3. The predicted octanol–water partition coefficient (Wildman–Crippen LogP) is 4.96. The molecule has 54 heavy (non-hydrogen) atoms. The number of carbonyl (C=O) groups is 1. The number of hydrogen-bond donors (Lipinski definition) is 2. The molecule has 3 aromatic rings. The normalized spacial score (nSPS) is 21.4. The van der Waals surface area contributed by atoms with E-state index in [0.717, 1.165) is 61.2 Å². The van der Waals surface area contributed by atoms with E-state index in [1.54, 1.807) is 24.5 Å². The van der Waals surface area contributed by atoms with Gasteiger partial charge in [-0.25, -0.2) is 13.7 Å². The summed E-state index contributed by atoms with van der Waals surface area (Å²) in [7, 11) is -1.32. The number of rotatable bonds is 20. The molecule has 2 unspecified atom stereocenters. The minimum Gasteiger partial charge on any atom is -0.377 e. The number of ketones is 1. The second kappa shape index (κ2) is 21.8. The van der Waals surface area contributed by atoms with Gasteiger partial charge in [-0.2, -0.15) is 5.10 Å². The quantitative estimate of drug-likeness (QED) is 0.0909. The van der Waals surface area contributed by atoms with Gasteiger partial charge in [0.2, 0.25) is 0 Å². The Morgan fingerprint density at radius 3 is 2.39 bits per heavy atom. The number of Topliss-reactive ketones (excluding diaryl/α,β-unsaturated/α-hetero) is 1. The Kier molecular flexibility index (Phi) is 17.0. The van der Waals surface area contributed by atoms with Crippen LogP contribution in [0.4, 0.5) is 11.5 Å². The Balaban J connectivity index is 1.14. The molecule has 5 atom stereocenters. The van der Waals surface area contributed by atoms with Gasteiger partial charge < -0.3 is 39.0 Å². The zero-order valence-electron chi connectivity index (χ0n) is 31.5. The van der Waals surface area contributed by atoms with Crippen molar-refractivity contribution in [1.29, 1.82) is 0 Å². The van der Waals surface area contributed by atoms with Crippen LogP contribution in [0.2, 0.25) is 5.02 Å². The first-order valence-electron chi connectivity index (χ1n) is 18.9. The molecule has 5 rings (SSSR count). The van der Waals surface area contributed by atoms with Crippen molar-refractivity contribution in [2.45, 2.75) is 69.9 Å². The minimum atomic E-state index is -1.32. The summed E-state index contributed by atoms with van der Waals surface area (Å²) in [6, 6.07) is 7.03. The number of nitrogens with one attached hydrogen (secondary N) is 1. The van der Waals surface area contributed by atoms with Gasteiger partial charge in [-0.1, -0.05) is 43.2 Å². The number of carbonyl (C=O) groups excluding carboxylic acids is 1. The van der Waals surface area contributed by atoms with Crippen molar-refractivity contribution in [1.82, 2.24) is 14.6 Å². The fraction of sp³-hybridized carbons (Fsp3) is 0.615. The molecule has 0 radical (unpaired) electrons. The van der Waals surface area contributed by atoms with E-state index in [0.29, 0.717) is 95.2 Å². The number of anilines is 2. The maximum atomic E-state index is 14.1. The molecule has 15 heteroatoms. The van der Waals surface area contributed by atoms with Crippen LogP contribution in [-0.2, 0) is 34.7 Å². The number of hydrogen-bond acceptors (Lipinski definition) is 11. The lowest BCUT2D eigenvalue weighted by Gasteiger charge is -2.22. The van der Waals surface area contributed by atoms with Crippen molar-refractivity contribution in [2.24, 2.45) is 11.7 Å². The van der Waals surface area contributed by atoms with E-state index in [-0.39, 0.29) is 29.8 Å². The lowest BCUT2D eigenvalue weighted by Crippen LogP contribution is -2.35. The van der Waals surface area contributed by atoms with Crippen LogP contribution in [0.5, 0.6) is 0 Å². The molecule has 0 amide bonds. The summed E-state index contributed by atoms with van der Waals surface area (Å²) in [5, 5.41) is 5.48. The molecule has 2 aromatic heterocycles. The van der Waals surface area contributed by atoms with Crippen LogP contribution in [0.3, 0.4) is 0 Å². The van der Waals surface area contributed by atoms with Gasteiger partial charge in [0.25, 0.3) is 0 Å². The maximum absolute atomic E-state index is 14.1. The average molecular weight is 787 g/mol. The van der Waals surface area contributed by atoms with Crippen LogP contribution in [0.25, 0.3) is 5.65 Å². The van der Waals surface area contributed by atoms with Crippen molar-refractivity contribution in [2.75, 3.05) is 88.4 Å². The third-order valence-electron chi connectivity index (χ3n) is 9.81. The molecule has 1 saturated carbocycles. The van der Waals surface area contributed by atoms with Gasteiger partial charge in [0.05, 0.1) is 76.4 Å². The van der Waals surface area contributed by atoms with Gasteiger partial charge >= 0.3 is 0 Å². The molecule has 1 aromatic carbocycles. The first-order valence-corrected chi connectivity index (χ1v) is 20.8. The van der Waals surface area contributed by atoms with Crippen molar-refractivity contribution in [3.63, 3.8) is 0 Å². The Morgan fingerprint density at radius 2 is 1.69 bits per heavy atom. The topological polar surface area (TPSA) is 152 Å². The lowest BCUT2D eigenvalue weighted by molar-refractivity contribution is -0.0204. The molecule has 296 valence electrons. The number of nitrogens with two attached hydrogens (primary N) is 1. The third kappa shape index (κ3) is 12.4. The summed E-state index contributed by atoms with van der Waals surface area (Å²) < 4.78 is 44.7. The number of aromatic nitrogens is 3. The standard InChI is InChI=1S/C39H55ClN6O7S/c1-4-13-49-14-15-50-16-17-51-18-19-52-20-21-53-36-27-45(26-33(36)41)39-28(2)25-46-37(42-39)24-35(43-46)29-9-7-5-6-8-10-30(22-29)38(47)32-23-31(40)11-12-34(32)44-54(3)48/h1,11-12,23-25,29-30,33,36,44H,5-10,13-22,26-27,41H2,2-3H3/t29-,30?,33-,36+,54?/m1/s1. The van der Waals surface area contributed by atoms with Crippen LogP contribution in [0.1, 0.15) is 72.5 Å². The number of terminal acetylenes is 1. The summed E-state index contributed by atoms with van der Waals surface area (Å²) >= 11 is 6.34. The summed E-state index contributed by atoms with van der Waals surface area (Å²) in [6.07, 6.45) is 15.2. The fourth-order valence-corrected chi connectivity index (χ4v) is 7.80. The Morgan fingerprint density at radius 1 is 1.00 bits per heavy atom.